The number of carbonyl (C=O) groups is 1. The van der Waals surface area contributed by atoms with Gasteiger partial charge in [-0.1, -0.05) is 0 Å². The van der Waals surface area contributed by atoms with Gasteiger partial charge in [0.15, 0.2) is 0 Å². The van der Waals surface area contributed by atoms with Crippen molar-refractivity contribution in [3.05, 3.63) is 12.4 Å². The maximum atomic E-state index is 12.3. The minimum atomic E-state index is 0.0191. The highest BCUT2D eigenvalue weighted by Crippen LogP contribution is 2.42. The number of nitrogens with zero attached hydrogens (tertiary/aromatic N) is 4. The van der Waals surface area contributed by atoms with Gasteiger partial charge in [-0.2, -0.15) is 15.0 Å². The Morgan fingerprint density at radius 3 is 2.57 bits per heavy atom. The number of rotatable bonds is 5. The van der Waals surface area contributed by atoms with Crippen molar-refractivity contribution < 1.29 is 9.53 Å². The summed E-state index contributed by atoms with van der Waals surface area (Å²) in [7, 11) is 0. The Balaban J connectivity index is 1.36. The van der Waals surface area contributed by atoms with Crippen LogP contribution in [-0.4, -0.2) is 64.2 Å². The van der Waals surface area contributed by atoms with Gasteiger partial charge in [-0.3, -0.25) is 9.69 Å². The third-order valence-electron chi connectivity index (χ3n) is 5.43. The Labute approximate surface area is 136 Å². The van der Waals surface area contributed by atoms with Gasteiger partial charge in [0, 0.05) is 38.4 Å². The highest BCUT2D eigenvalue weighted by Gasteiger charge is 2.44. The molecule has 2 saturated heterocycles. The molecule has 1 aromatic rings. The molecule has 0 spiro atoms. The number of carbonyl (C=O) groups excluding carboxylic acids is 1. The Kier molecular flexibility index (Phi) is 4.31. The van der Waals surface area contributed by atoms with E-state index in [9.17, 15) is 4.79 Å². The van der Waals surface area contributed by atoms with Crippen LogP contribution in [0, 0.1) is 11.8 Å². The van der Waals surface area contributed by atoms with Gasteiger partial charge in [0.05, 0.1) is 12.4 Å². The van der Waals surface area contributed by atoms with Gasteiger partial charge in [0.2, 0.25) is 5.91 Å². The van der Waals surface area contributed by atoms with Crippen molar-refractivity contribution in [2.24, 2.45) is 11.8 Å². The van der Waals surface area contributed by atoms with Crippen LogP contribution in [0.25, 0.3) is 0 Å². The van der Waals surface area contributed by atoms with Gasteiger partial charge in [-0.15, -0.1) is 0 Å². The summed E-state index contributed by atoms with van der Waals surface area (Å²) < 4.78 is 5.48. The summed E-state index contributed by atoms with van der Waals surface area (Å²) in [6.07, 6.45) is 8.08. The van der Waals surface area contributed by atoms with Crippen LogP contribution in [0.1, 0.15) is 25.7 Å². The molecule has 7 heteroatoms. The van der Waals surface area contributed by atoms with Gasteiger partial charge < -0.3 is 10.1 Å². The Bertz CT molecular complexity index is 525. The number of hydrogen-bond acceptors (Lipinski definition) is 5. The van der Waals surface area contributed by atoms with Gasteiger partial charge >= 0.3 is 0 Å². The first-order valence-corrected chi connectivity index (χ1v) is 8.75. The second-order valence-electron chi connectivity index (χ2n) is 7.03. The van der Waals surface area contributed by atoms with Gasteiger partial charge in [-0.25, -0.2) is 0 Å². The molecule has 1 aliphatic carbocycles. The summed E-state index contributed by atoms with van der Waals surface area (Å²) >= 11 is 0. The molecular formula is C16H25N5O2. The van der Waals surface area contributed by atoms with E-state index in [1.165, 1.54) is 17.6 Å². The average Bonchev–Trinajstić information content (AvgIpc) is 3.12. The number of amides is 1. The number of ether oxygens (including phenoxy) is 1. The maximum absolute atomic E-state index is 12.3. The molecule has 3 fully saturated rings. The summed E-state index contributed by atoms with van der Waals surface area (Å²) in [4.78, 5) is 16.3. The SMILES string of the molecule is O=C(Cn1nccn1)N[C@H]1CN(C2CCOCC2)C[C@@H]1C1CC1. The molecule has 23 heavy (non-hydrogen) atoms. The van der Waals surface area contributed by atoms with E-state index in [1.54, 1.807) is 12.4 Å². The molecule has 0 bridgehead atoms. The van der Waals surface area contributed by atoms with Gasteiger partial charge in [0.25, 0.3) is 0 Å². The molecule has 1 saturated carbocycles. The standard InChI is InChI=1S/C16H25N5O2/c22-16(11-21-17-5-6-18-21)19-15-10-20(9-14(15)12-1-2-12)13-3-7-23-8-4-13/h5-6,12-15H,1-4,7-11H2,(H,19,22)/t14-,15+/m1/s1. The van der Waals surface area contributed by atoms with Crippen molar-refractivity contribution in [1.82, 2.24) is 25.2 Å². The van der Waals surface area contributed by atoms with Crippen LogP contribution in [-0.2, 0) is 16.1 Å². The second-order valence-corrected chi connectivity index (χ2v) is 7.03. The van der Waals surface area contributed by atoms with Crippen LogP contribution in [0.4, 0.5) is 0 Å². The first-order chi connectivity index (χ1) is 11.3. The van der Waals surface area contributed by atoms with E-state index in [0.717, 1.165) is 45.1 Å². The zero-order chi connectivity index (χ0) is 15.6. The lowest BCUT2D eigenvalue weighted by Crippen LogP contribution is -2.44. The van der Waals surface area contributed by atoms with Crippen molar-refractivity contribution in [2.45, 2.75) is 44.3 Å². The highest BCUT2D eigenvalue weighted by atomic mass is 16.5. The van der Waals surface area contributed by atoms with E-state index in [-0.39, 0.29) is 18.5 Å². The third kappa shape index (κ3) is 3.55. The molecule has 4 rings (SSSR count). The first kappa shape index (κ1) is 15.1. The average molecular weight is 319 g/mol. The molecule has 0 radical (unpaired) electrons. The molecule has 1 N–H and O–H groups in total. The van der Waals surface area contributed by atoms with Gasteiger partial charge in [-0.05, 0) is 37.5 Å². The lowest BCUT2D eigenvalue weighted by Gasteiger charge is -2.31. The van der Waals surface area contributed by atoms with E-state index < -0.39 is 0 Å². The number of hydrogen-bond donors (Lipinski definition) is 1. The molecule has 3 heterocycles. The molecule has 126 valence electrons. The van der Waals surface area contributed by atoms with Crippen LogP contribution >= 0.6 is 0 Å². The number of aromatic nitrogens is 3. The smallest absolute Gasteiger partial charge is 0.243 e. The fraction of sp³-hybridized carbons (Fsp3) is 0.812. The van der Waals surface area contributed by atoms with Crippen LogP contribution in [0.5, 0.6) is 0 Å². The molecular weight excluding hydrogens is 294 g/mol. The zero-order valence-corrected chi connectivity index (χ0v) is 13.4. The summed E-state index contributed by atoms with van der Waals surface area (Å²) in [6.45, 7) is 4.05. The Morgan fingerprint density at radius 2 is 1.87 bits per heavy atom. The van der Waals surface area contributed by atoms with Crippen molar-refractivity contribution in [3.8, 4) is 0 Å². The maximum Gasteiger partial charge on any atom is 0.243 e. The predicted molar refractivity (Wildman–Crippen MR) is 83.6 cm³/mol. The number of likely N-dealkylation sites (tertiary alicyclic amines) is 1. The molecule has 2 atom stereocenters. The minimum Gasteiger partial charge on any atom is -0.381 e. The summed E-state index contributed by atoms with van der Waals surface area (Å²) in [5.74, 6) is 1.42. The largest absolute Gasteiger partial charge is 0.381 e. The van der Waals surface area contributed by atoms with Crippen molar-refractivity contribution in [3.63, 3.8) is 0 Å². The van der Waals surface area contributed by atoms with E-state index in [1.807, 2.05) is 0 Å². The quantitative estimate of drug-likeness (QED) is 0.844. The molecule has 1 amide bonds. The van der Waals surface area contributed by atoms with Crippen LogP contribution in [0.3, 0.4) is 0 Å². The van der Waals surface area contributed by atoms with E-state index in [0.29, 0.717) is 12.0 Å². The lowest BCUT2D eigenvalue weighted by molar-refractivity contribution is -0.123. The monoisotopic (exact) mass is 319 g/mol. The van der Waals surface area contributed by atoms with Crippen LogP contribution < -0.4 is 5.32 Å². The fourth-order valence-electron chi connectivity index (χ4n) is 4.07. The molecule has 0 aromatic carbocycles. The van der Waals surface area contributed by atoms with E-state index >= 15 is 0 Å². The highest BCUT2D eigenvalue weighted by molar-refractivity contribution is 5.75. The molecule has 7 nitrogen and oxygen atoms in total. The lowest BCUT2D eigenvalue weighted by atomic mass is 9.98. The van der Waals surface area contributed by atoms with Crippen LogP contribution in [0.2, 0.25) is 0 Å². The van der Waals surface area contributed by atoms with Crippen LogP contribution in [0.15, 0.2) is 12.4 Å². The van der Waals surface area contributed by atoms with Gasteiger partial charge in [0.1, 0.15) is 6.54 Å². The van der Waals surface area contributed by atoms with Crippen molar-refractivity contribution in [2.75, 3.05) is 26.3 Å². The minimum absolute atomic E-state index is 0.0191. The zero-order valence-electron chi connectivity index (χ0n) is 13.4. The summed E-state index contributed by atoms with van der Waals surface area (Å²) in [5.41, 5.74) is 0. The van der Waals surface area contributed by atoms with Crippen molar-refractivity contribution >= 4 is 5.91 Å². The Morgan fingerprint density at radius 1 is 1.13 bits per heavy atom. The molecule has 3 aliphatic rings. The second kappa shape index (κ2) is 6.57. The predicted octanol–water partition coefficient (Wildman–Crippen LogP) is 0.284. The fourth-order valence-corrected chi connectivity index (χ4v) is 4.07. The molecule has 1 aromatic heterocycles. The molecule has 2 aliphatic heterocycles. The van der Waals surface area contributed by atoms with E-state index in [4.69, 9.17) is 4.74 Å². The topological polar surface area (TPSA) is 72.3 Å². The summed E-state index contributed by atoms with van der Waals surface area (Å²) in [5, 5.41) is 11.3. The molecule has 0 unspecified atom stereocenters. The first-order valence-electron chi connectivity index (χ1n) is 8.75. The Hall–Kier alpha value is -1.47. The van der Waals surface area contributed by atoms with Crippen molar-refractivity contribution in [1.29, 1.82) is 0 Å². The third-order valence-corrected chi connectivity index (χ3v) is 5.43. The number of nitrogens with one attached hydrogen (secondary N) is 1. The normalized spacial score (nSPS) is 29.7. The summed E-state index contributed by atoms with van der Waals surface area (Å²) in [6, 6.07) is 0.896. The van der Waals surface area contributed by atoms with E-state index in [2.05, 4.69) is 20.4 Å².